The van der Waals surface area contributed by atoms with Crippen molar-refractivity contribution in [1.82, 2.24) is 4.90 Å². The van der Waals surface area contributed by atoms with Gasteiger partial charge in [-0.2, -0.15) is 0 Å². The van der Waals surface area contributed by atoms with Gasteiger partial charge in [-0.15, -0.1) is 11.3 Å². The third-order valence-corrected chi connectivity index (χ3v) is 3.65. The Morgan fingerprint density at radius 2 is 2.50 bits per heavy atom. The highest BCUT2D eigenvalue weighted by atomic mass is 32.1. The number of ether oxygens (including phenoxy) is 2. The zero-order chi connectivity index (χ0) is 9.38. The second-order valence-corrected chi connectivity index (χ2v) is 4.67. The average Bonchev–Trinajstić information content (AvgIpc) is 2.88. The predicted molar refractivity (Wildman–Crippen MR) is 53.8 cm³/mol. The maximum atomic E-state index is 5.87. The molecule has 0 spiro atoms. The summed E-state index contributed by atoms with van der Waals surface area (Å²) >= 11 is 1.70. The molecule has 2 atom stereocenters. The average molecular weight is 211 g/mol. The Morgan fingerprint density at radius 1 is 1.50 bits per heavy atom. The van der Waals surface area contributed by atoms with E-state index < -0.39 is 0 Å². The van der Waals surface area contributed by atoms with Crippen molar-refractivity contribution in [1.29, 1.82) is 0 Å². The molecule has 14 heavy (non-hydrogen) atoms. The van der Waals surface area contributed by atoms with Gasteiger partial charge in [-0.1, -0.05) is 6.07 Å². The molecule has 76 valence electrons. The van der Waals surface area contributed by atoms with Gasteiger partial charge >= 0.3 is 0 Å². The zero-order valence-corrected chi connectivity index (χ0v) is 8.70. The van der Waals surface area contributed by atoms with Crippen molar-refractivity contribution in [3.63, 3.8) is 0 Å². The van der Waals surface area contributed by atoms with Gasteiger partial charge in [0.15, 0.2) is 6.29 Å². The highest BCUT2D eigenvalue weighted by Gasteiger charge is 2.33. The molecule has 2 unspecified atom stereocenters. The number of rotatable bonds is 1. The van der Waals surface area contributed by atoms with Gasteiger partial charge in [-0.25, -0.2) is 0 Å². The molecule has 0 aliphatic carbocycles. The minimum atomic E-state index is -0.130. The number of hydrogen-bond donors (Lipinski definition) is 0. The summed E-state index contributed by atoms with van der Waals surface area (Å²) in [5, 5.41) is 2.06. The lowest BCUT2D eigenvalue weighted by atomic mass is 10.3. The summed E-state index contributed by atoms with van der Waals surface area (Å²) in [5.74, 6) is 0. The van der Waals surface area contributed by atoms with Gasteiger partial charge in [-0.3, -0.25) is 4.90 Å². The Kier molecular flexibility index (Phi) is 2.29. The summed E-state index contributed by atoms with van der Waals surface area (Å²) in [7, 11) is 0. The molecule has 2 aliphatic heterocycles. The van der Waals surface area contributed by atoms with Crippen molar-refractivity contribution in [2.75, 3.05) is 13.3 Å². The molecule has 0 saturated carbocycles. The molecule has 2 saturated heterocycles. The van der Waals surface area contributed by atoms with Crippen LogP contribution in [0.25, 0.3) is 0 Å². The first-order chi connectivity index (χ1) is 6.93. The van der Waals surface area contributed by atoms with Crippen LogP contribution in [0.5, 0.6) is 0 Å². The molecule has 0 N–H and O–H groups in total. The molecule has 3 rings (SSSR count). The van der Waals surface area contributed by atoms with Crippen molar-refractivity contribution in [3.8, 4) is 0 Å². The molecule has 0 radical (unpaired) electrons. The van der Waals surface area contributed by atoms with Crippen LogP contribution in [0.15, 0.2) is 17.5 Å². The Labute approximate surface area is 87.2 Å². The monoisotopic (exact) mass is 211 g/mol. The summed E-state index contributed by atoms with van der Waals surface area (Å²) in [6, 6.07) is 4.10. The van der Waals surface area contributed by atoms with Crippen LogP contribution in [0.4, 0.5) is 0 Å². The summed E-state index contributed by atoms with van der Waals surface area (Å²) in [6.07, 6.45) is 2.53. The molecule has 0 amide bonds. The Hall–Kier alpha value is -0.420. The van der Waals surface area contributed by atoms with E-state index in [1.54, 1.807) is 11.3 Å². The summed E-state index contributed by atoms with van der Waals surface area (Å²) in [6.45, 7) is 1.83. The third kappa shape index (κ3) is 1.48. The van der Waals surface area contributed by atoms with Crippen LogP contribution >= 0.6 is 11.3 Å². The highest BCUT2D eigenvalue weighted by Crippen LogP contribution is 2.33. The quantitative estimate of drug-likeness (QED) is 0.710. The fraction of sp³-hybridized carbons (Fsp3) is 0.600. The van der Waals surface area contributed by atoms with E-state index in [0.29, 0.717) is 6.73 Å². The maximum Gasteiger partial charge on any atom is 0.196 e. The number of nitrogens with zero attached hydrogens (tertiary/aromatic N) is 1. The van der Waals surface area contributed by atoms with Crippen molar-refractivity contribution in [2.24, 2.45) is 0 Å². The van der Waals surface area contributed by atoms with E-state index in [-0.39, 0.29) is 12.5 Å². The van der Waals surface area contributed by atoms with Crippen molar-refractivity contribution in [3.05, 3.63) is 22.4 Å². The van der Waals surface area contributed by atoms with Crippen LogP contribution in [-0.2, 0) is 9.47 Å². The first kappa shape index (κ1) is 8.85. The maximum absolute atomic E-state index is 5.87. The van der Waals surface area contributed by atoms with E-state index in [1.165, 1.54) is 11.3 Å². The predicted octanol–water partition coefficient (Wildman–Crippen LogP) is 2.17. The van der Waals surface area contributed by atoms with E-state index in [0.717, 1.165) is 13.0 Å². The number of fused-ring (bicyclic) bond motifs is 1. The van der Waals surface area contributed by atoms with Gasteiger partial charge in [0.2, 0.25) is 0 Å². The topological polar surface area (TPSA) is 21.7 Å². The molecule has 2 fully saturated rings. The molecule has 2 aliphatic rings. The number of thiophene rings is 1. The molecular formula is C10H13NO2S. The lowest BCUT2D eigenvalue weighted by molar-refractivity contribution is -0.277. The van der Waals surface area contributed by atoms with Crippen LogP contribution in [-0.4, -0.2) is 24.4 Å². The van der Waals surface area contributed by atoms with Gasteiger partial charge in [0, 0.05) is 6.54 Å². The summed E-state index contributed by atoms with van der Waals surface area (Å²) in [4.78, 5) is 3.43. The van der Waals surface area contributed by atoms with Gasteiger partial charge in [-0.05, 0) is 24.3 Å². The van der Waals surface area contributed by atoms with E-state index in [4.69, 9.17) is 9.47 Å². The van der Waals surface area contributed by atoms with Gasteiger partial charge < -0.3 is 9.47 Å². The Bertz CT molecular complexity index is 301. The summed E-state index contributed by atoms with van der Waals surface area (Å²) < 4.78 is 11.5. The third-order valence-electron chi connectivity index (χ3n) is 2.75. The lowest BCUT2D eigenvalue weighted by Crippen LogP contribution is -2.40. The molecule has 0 bridgehead atoms. The fourth-order valence-corrected chi connectivity index (χ4v) is 2.72. The standard InChI is InChI=1S/C10H13NO2S/c1-4-9-11(5-1)7-12-10(13-9)8-3-2-6-14-8/h2-3,6,9-10H,1,4-5,7H2. The molecular weight excluding hydrogens is 198 g/mol. The second kappa shape index (κ2) is 3.62. The molecule has 1 aromatic rings. The molecule has 0 aromatic carbocycles. The van der Waals surface area contributed by atoms with Crippen LogP contribution in [0.3, 0.4) is 0 Å². The van der Waals surface area contributed by atoms with E-state index >= 15 is 0 Å². The fourth-order valence-electron chi connectivity index (χ4n) is 2.02. The van der Waals surface area contributed by atoms with E-state index in [1.807, 2.05) is 6.07 Å². The first-order valence-electron chi connectivity index (χ1n) is 4.98. The molecule has 4 heteroatoms. The van der Waals surface area contributed by atoms with E-state index in [9.17, 15) is 0 Å². The van der Waals surface area contributed by atoms with Crippen LogP contribution in [0, 0.1) is 0 Å². The summed E-state index contributed by atoms with van der Waals surface area (Å²) in [5.41, 5.74) is 0. The minimum absolute atomic E-state index is 0.130. The van der Waals surface area contributed by atoms with Crippen molar-refractivity contribution in [2.45, 2.75) is 25.4 Å². The zero-order valence-electron chi connectivity index (χ0n) is 7.89. The molecule has 1 aromatic heterocycles. The highest BCUT2D eigenvalue weighted by molar-refractivity contribution is 7.10. The largest absolute Gasteiger partial charge is 0.332 e. The lowest BCUT2D eigenvalue weighted by Gasteiger charge is -2.34. The normalized spacial score (nSPS) is 33.1. The minimum Gasteiger partial charge on any atom is -0.332 e. The smallest absolute Gasteiger partial charge is 0.196 e. The van der Waals surface area contributed by atoms with Crippen LogP contribution in [0.1, 0.15) is 24.0 Å². The van der Waals surface area contributed by atoms with Crippen LogP contribution < -0.4 is 0 Å². The van der Waals surface area contributed by atoms with Gasteiger partial charge in [0.25, 0.3) is 0 Å². The Morgan fingerprint density at radius 3 is 3.36 bits per heavy atom. The van der Waals surface area contributed by atoms with Crippen LogP contribution in [0.2, 0.25) is 0 Å². The van der Waals surface area contributed by atoms with Crippen molar-refractivity contribution >= 4 is 11.3 Å². The van der Waals surface area contributed by atoms with Gasteiger partial charge in [0.05, 0.1) is 4.88 Å². The molecule has 3 heterocycles. The molecule has 3 nitrogen and oxygen atoms in total. The van der Waals surface area contributed by atoms with Crippen molar-refractivity contribution < 1.29 is 9.47 Å². The van der Waals surface area contributed by atoms with E-state index in [2.05, 4.69) is 16.3 Å². The SMILES string of the molecule is c1csc(C2OCN3CCCC3O2)c1. The van der Waals surface area contributed by atoms with Gasteiger partial charge in [0.1, 0.15) is 13.0 Å². The number of hydrogen-bond acceptors (Lipinski definition) is 4. The first-order valence-corrected chi connectivity index (χ1v) is 5.86. The Balaban J connectivity index is 1.73. The second-order valence-electron chi connectivity index (χ2n) is 3.69.